The molecule has 0 saturated heterocycles. The molecule has 0 bridgehead atoms. The van der Waals surface area contributed by atoms with Crippen molar-refractivity contribution in [2.75, 3.05) is 11.6 Å². The SMILES string of the molecule is CC1CC2C(CC1C)C([Si](C)(C)Nc1ccccc1)C1C2c2ccccc2P1C. The summed E-state index contributed by atoms with van der Waals surface area (Å²) in [6, 6.07) is 20.5. The average Bonchev–Trinajstić information content (AvgIpc) is 3.17. The first-order valence-corrected chi connectivity index (χ1v) is 16.5. The highest BCUT2D eigenvalue weighted by Crippen LogP contribution is 2.71. The zero-order chi connectivity index (χ0) is 20.3. The van der Waals surface area contributed by atoms with Crippen LogP contribution in [-0.2, 0) is 0 Å². The Labute approximate surface area is 179 Å². The molecule has 2 aromatic carbocycles. The van der Waals surface area contributed by atoms with Crippen LogP contribution in [0.15, 0.2) is 54.6 Å². The van der Waals surface area contributed by atoms with Crippen molar-refractivity contribution >= 4 is 27.1 Å². The summed E-state index contributed by atoms with van der Waals surface area (Å²) in [7, 11) is -1.74. The minimum Gasteiger partial charge on any atom is -0.410 e. The van der Waals surface area contributed by atoms with Gasteiger partial charge in [0.2, 0.25) is 0 Å². The fourth-order valence-corrected chi connectivity index (χ4v) is 15.5. The molecule has 5 rings (SSSR count). The normalized spacial score (nSPS) is 38.2. The molecule has 2 fully saturated rings. The van der Waals surface area contributed by atoms with E-state index in [0.29, 0.717) is 0 Å². The summed E-state index contributed by atoms with van der Waals surface area (Å²) in [6.45, 7) is 12.9. The largest absolute Gasteiger partial charge is 0.410 e. The fraction of sp³-hybridized carbons (Fsp3) is 0.538. The molecule has 8 unspecified atom stereocenters. The number of benzene rings is 2. The molecule has 3 aliphatic rings. The van der Waals surface area contributed by atoms with Crippen molar-refractivity contribution in [3.05, 3.63) is 60.2 Å². The van der Waals surface area contributed by atoms with Gasteiger partial charge in [0.05, 0.1) is 0 Å². The van der Waals surface area contributed by atoms with Crippen LogP contribution in [0.25, 0.3) is 0 Å². The summed E-state index contributed by atoms with van der Waals surface area (Å²) >= 11 is 0. The van der Waals surface area contributed by atoms with Gasteiger partial charge in [-0.1, -0.05) is 77.3 Å². The second-order valence-electron chi connectivity index (χ2n) is 10.7. The van der Waals surface area contributed by atoms with E-state index in [2.05, 4.69) is 93.2 Å². The maximum absolute atomic E-state index is 4.13. The predicted octanol–water partition coefficient (Wildman–Crippen LogP) is 6.89. The predicted molar refractivity (Wildman–Crippen MR) is 131 cm³/mol. The first-order valence-electron chi connectivity index (χ1n) is 11.5. The molecule has 0 spiro atoms. The average molecular weight is 422 g/mol. The zero-order valence-electron chi connectivity index (χ0n) is 18.6. The van der Waals surface area contributed by atoms with Crippen molar-refractivity contribution in [3.8, 4) is 0 Å². The Morgan fingerprint density at radius 2 is 1.48 bits per heavy atom. The van der Waals surface area contributed by atoms with Crippen molar-refractivity contribution in [2.45, 2.75) is 56.9 Å². The third-order valence-corrected chi connectivity index (χ3v) is 15.0. The molecular formula is C26H36NPSi. The summed E-state index contributed by atoms with van der Waals surface area (Å²) in [4.78, 5) is 4.13. The highest BCUT2D eigenvalue weighted by atomic mass is 31.1. The second kappa shape index (κ2) is 7.24. The Morgan fingerprint density at radius 1 is 0.862 bits per heavy atom. The molecule has 8 atom stereocenters. The van der Waals surface area contributed by atoms with E-state index in [4.69, 9.17) is 0 Å². The number of fused-ring (bicyclic) bond motifs is 5. The van der Waals surface area contributed by atoms with E-state index in [0.717, 1.165) is 40.8 Å². The number of hydrogen-bond acceptors (Lipinski definition) is 1. The smallest absolute Gasteiger partial charge is 0.151 e. The van der Waals surface area contributed by atoms with Gasteiger partial charge in [-0.3, -0.25) is 0 Å². The van der Waals surface area contributed by atoms with Crippen LogP contribution in [0.1, 0.15) is 38.2 Å². The minimum absolute atomic E-state index is 0.0702. The highest BCUT2D eigenvalue weighted by molar-refractivity contribution is 7.66. The molecule has 1 heterocycles. The number of nitrogens with one attached hydrogen (secondary N) is 1. The lowest BCUT2D eigenvalue weighted by Gasteiger charge is -2.44. The molecule has 1 nitrogen and oxygen atoms in total. The lowest BCUT2D eigenvalue weighted by molar-refractivity contribution is 0.146. The van der Waals surface area contributed by atoms with Crippen LogP contribution in [0.2, 0.25) is 18.6 Å². The number of anilines is 1. The van der Waals surface area contributed by atoms with Gasteiger partial charge in [0, 0.05) is 5.69 Å². The molecule has 1 aliphatic heterocycles. The monoisotopic (exact) mass is 421 g/mol. The van der Waals surface area contributed by atoms with Gasteiger partial charge in [-0.2, -0.15) is 0 Å². The summed E-state index contributed by atoms with van der Waals surface area (Å²) in [5, 5.41) is 1.72. The van der Waals surface area contributed by atoms with E-state index in [1.165, 1.54) is 18.5 Å². The molecule has 154 valence electrons. The van der Waals surface area contributed by atoms with Crippen LogP contribution in [0, 0.1) is 23.7 Å². The maximum atomic E-state index is 4.13. The van der Waals surface area contributed by atoms with Crippen molar-refractivity contribution in [1.29, 1.82) is 0 Å². The fourth-order valence-electron chi connectivity index (χ4n) is 7.32. The molecule has 0 aromatic heterocycles. The Hall–Kier alpha value is -1.11. The van der Waals surface area contributed by atoms with Crippen molar-refractivity contribution in [1.82, 2.24) is 0 Å². The zero-order valence-corrected chi connectivity index (χ0v) is 20.5. The lowest BCUT2D eigenvalue weighted by atomic mass is 9.68. The van der Waals surface area contributed by atoms with Crippen LogP contribution in [0.4, 0.5) is 5.69 Å². The van der Waals surface area contributed by atoms with Crippen LogP contribution in [-0.4, -0.2) is 20.6 Å². The Balaban J connectivity index is 1.57. The summed E-state index contributed by atoms with van der Waals surface area (Å²) in [5.41, 5.74) is 4.82. The molecule has 2 saturated carbocycles. The van der Waals surface area contributed by atoms with Gasteiger partial charge in [0.1, 0.15) is 0 Å². The third-order valence-electron chi connectivity index (χ3n) is 8.66. The Kier molecular flexibility index (Phi) is 4.95. The molecule has 0 radical (unpaired) electrons. The number of rotatable bonds is 3. The van der Waals surface area contributed by atoms with Crippen molar-refractivity contribution in [3.63, 3.8) is 0 Å². The van der Waals surface area contributed by atoms with Gasteiger partial charge in [0.25, 0.3) is 0 Å². The summed E-state index contributed by atoms with van der Waals surface area (Å²) < 4.78 is 0. The van der Waals surface area contributed by atoms with E-state index in [-0.39, 0.29) is 7.92 Å². The van der Waals surface area contributed by atoms with Gasteiger partial charge in [-0.05, 0) is 83.3 Å². The first-order chi connectivity index (χ1) is 13.9. The van der Waals surface area contributed by atoms with Crippen molar-refractivity contribution < 1.29 is 0 Å². The number of hydrogen-bond donors (Lipinski definition) is 1. The summed E-state index contributed by atoms with van der Waals surface area (Å²) in [5.74, 6) is 4.37. The minimum atomic E-state index is -1.67. The van der Waals surface area contributed by atoms with E-state index < -0.39 is 8.24 Å². The van der Waals surface area contributed by atoms with E-state index in [9.17, 15) is 0 Å². The molecule has 0 amide bonds. The molecule has 2 aromatic rings. The topological polar surface area (TPSA) is 12.0 Å². The van der Waals surface area contributed by atoms with E-state index >= 15 is 0 Å². The molecule has 3 heteroatoms. The molecule has 1 N–H and O–H groups in total. The molecule has 29 heavy (non-hydrogen) atoms. The van der Waals surface area contributed by atoms with Crippen LogP contribution < -0.4 is 10.3 Å². The van der Waals surface area contributed by atoms with Gasteiger partial charge in [-0.25, -0.2) is 0 Å². The van der Waals surface area contributed by atoms with Gasteiger partial charge in [-0.15, -0.1) is 0 Å². The molecule has 2 aliphatic carbocycles. The Morgan fingerprint density at radius 3 is 2.21 bits per heavy atom. The highest BCUT2D eigenvalue weighted by Gasteiger charge is 2.62. The van der Waals surface area contributed by atoms with Crippen LogP contribution >= 0.6 is 7.92 Å². The Bertz CT molecular complexity index is 881. The maximum Gasteiger partial charge on any atom is 0.151 e. The standard InChI is InChI=1S/C26H36NPSi/c1-17-15-21-22(16-18(17)2)26(29(4,5)27-19-11-7-6-8-12-19)25-24(21)20-13-9-10-14-23(20)28(25)3/h6-14,17-18,21-22,24-27H,15-16H2,1-5H3. The molecular weight excluding hydrogens is 385 g/mol. The number of para-hydroxylation sites is 1. The first kappa shape index (κ1) is 19.8. The second-order valence-corrected chi connectivity index (χ2v) is 17.3. The van der Waals surface area contributed by atoms with Gasteiger partial charge >= 0.3 is 0 Å². The van der Waals surface area contributed by atoms with Gasteiger partial charge < -0.3 is 4.98 Å². The van der Waals surface area contributed by atoms with Crippen molar-refractivity contribution in [2.24, 2.45) is 23.7 Å². The third kappa shape index (κ3) is 3.13. The summed E-state index contributed by atoms with van der Waals surface area (Å²) in [6.07, 6.45) is 2.89. The quantitative estimate of drug-likeness (QED) is 0.420. The van der Waals surface area contributed by atoms with E-state index in [1.54, 1.807) is 10.9 Å². The van der Waals surface area contributed by atoms with Gasteiger partial charge in [0.15, 0.2) is 8.24 Å². The van der Waals surface area contributed by atoms with Crippen LogP contribution in [0.5, 0.6) is 0 Å². The lowest BCUT2D eigenvalue weighted by Crippen LogP contribution is -2.48. The van der Waals surface area contributed by atoms with E-state index in [1.807, 2.05) is 0 Å². The van der Waals surface area contributed by atoms with Crippen LogP contribution in [0.3, 0.4) is 0 Å².